The minimum Gasteiger partial charge on any atom is -0.480 e. The van der Waals surface area contributed by atoms with Crippen molar-refractivity contribution in [1.29, 1.82) is 0 Å². The Hall–Kier alpha value is -0.610. The van der Waals surface area contributed by atoms with Crippen LogP contribution in [0.4, 0.5) is 0 Å². The number of rotatable bonds is 7. The standard InChI is InChI=1S/C14H25NO3/c1-10-4-2-3-5-13(10)18-9-8-12(14(16)17)15-11-6-7-11/h10-13,15H,2-9H2,1H3,(H,16,17). The fourth-order valence-electron chi connectivity index (χ4n) is 2.68. The molecule has 104 valence electrons. The molecule has 0 aromatic carbocycles. The van der Waals surface area contributed by atoms with Crippen LogP contribution in [0.25, 0.3) is 0 Å². The van der Waals surface area contributed by atoms with E-state index in [1.54, 1.807) is 0 Å². The Morgan fingerprint density at radius 3 is 2.67 bits per heavy atom. The first-order valence-corrected chi connectivity index (χ1v) is 7.27. The first-order chi connectivity index (χ1) is 8.66. The molecule has 0 spiro atoms. The molecule has 0 saturated heterocycles. The highest BCUT2D eigenvalue weighted by atomic mass is 16.5. The number of carboxylic acid groups (broad SMARTS) is 1. The lowest BCUT2D eigenvalue weighted by Gasteiger charge is -2.29. The second kappa shape index (κ2) is 6.53. The van der Waals surface area contributed by atoms with Crippen molar-refractivity contribution in [3.05, 3.63) is 0 Å². The lowest BCUT2D eigenvalue weighted by atomic mass is 9.88. The summed E-state index contributed by atoms with van der Waals surface area (Å²) >= 11 is 0. The Balaban J connectivity index is 1.66. The van der Waals surface area contributed by atoms with Gasteiger partial charge >= 0.3 is 5.97 Å². The molecule has 2 aliphatic carbocycles. The lowest BCUT2D eigenvalue weighted by Crippen LogP contribution is -2.39. The van der Waals surface area contributed by atoms with Gasteiger partial charge in [-0.1, -0.05) is 19.8 Å². The van der Waals surface area contributed by atoms with Crippen LogP contribution in [0.5, 0.6) is 0 Å². The first-order valence-electron chi connectivity index (χ1n) is 7.27. The molecule has 18 heavy (non-hydrogen) atoms. The number of hydrogen-bond acceptors (Lipinski definition) is 3. The van der Waals surface area contributed by atoms with Gasteiger partial charge in [0.05, 0.1) is 6.10 Å². The zero-order valence-electron chi connectivity index (χ0n) is 11.2. The Labute approximate surface area is 109 Å². The summed E-state index contributed by atoms with van der Waals surface area (Å²) in [6.07, 6.45) is 8.08. The van der Waals surface area contributed by atoms with Crippen molar-refractivity contribution in [1.82, 2.24) is 5.32 Å². The van der Waals surface area contributed by atoms with Crippen molar-refractivity contribution in [3.63, 3.8) is 0 Å². The summed E-state index contributed by atoms with van der Waals surface area (Å²) in [6.45, 7) is 2.80. The third kappa shape index (κ3) is 4.25. The van der Waals surface area contributed by atoms with Crippen LogP contribution in [0, 0.1) is 5.92 Å². The van der Waals surface area contributed by atoms with E-state index < -0.39 is 12.0 Å². The molecule has 4 heteroatoms. The van der Waals surface area contributed by atoms with E-state index in [2.05, 4.69) is 12.2 Å². The molecule has 2 rings (SSSR count). The second-order valence-electron chi connectivity index (χ2n) is 5.79. The molecule has 2 aliphatic rings. The monoisotopic (exact) mass is 255 g/mol. The lowest BCUT2D eigenvalue weighted by molar-refractivity contribution is -0.140. The molecule has 0 bridgehead atoms. The topological polar surface area (TPSA) is 58.6 Å². The fraction of sp³-hybridized carbons (Fsp3) is 0.929. The molecule has 3 atom stereocenters. The van der Waals surface area contributed by atoms with Crippen molar-refractivity contribution in [2.45, 2.75) is 70.1 Å². The zero-order chi connectivity index (χ0) is 13.0. The van der Waals surface area contributed by atoms with Gasteiger partial charge in [-0.2, -0.15) is 0 Å². The molecule has 2 fully saturated rings. The molecule has 2 saturated carbocycles. The third-order valence-electron chi connectivity index (χ3n) is 4.08. The van der Waals surface area contributed by atoms with Gasteiger partial charge in [0, 0.05) is 12.6 Å². The van der Waals surface area contributed by atoms with Crippen molar-refractivity contribution in [3.8, 4) is 0 Å². The second-order valence-corrected chi connectivity index (χ2v) is 5.79. The molecule has 0 amide bonds. The molecule has 0 radical (unpaired) electrons. The smallest absolute Gasteiger partial charge is 0.320 e. The van der Waals surface area contributed by atoms with Crippen LogP contribution >= 0.6 is 0 Å². The highest BCUT2D eigenvalue weighted by Gasteiger charge is 2.28. The van der Waals surface area contributed by atoms with E-state index in [4.69, 9.17) is 9.84 Å². The van der Waals surface area contributed by atoms with Gasteiger partial charge in [0.1, 0.15) is 6.04 Å². The number of nitrogens with one attached hydrogen (secondary N) is 1. The molecule has 0 aliphatic heterocycles. The molecule has 3 unspecified atom stereocenters. The van der Waals surface area contributed by atoms with Crippen LogP contribution in [0.3, 0.4) is 0 Å². The van der Waals surface area contributed by atoms with Crippen molar-refractivity contribution < 1.29 is 14.6 Å². The largest absolute Gasteiger partial charge is 0.480 e. The maximum atomic E-state index is 11.1. The molecule has 0 aromatic heterocycles. The van der Waals surface area contributed by atoms with E-state index in [9.17, 15) is 4.79 Å². The highest BCUT2D eigenvalue weighted by Crippen LogP contribution is 2.26. The number of ether oxygens (including phenoxy) is 1. The summed E-state index contributed by atoms with van der Waals surface area (Å²) in [5.41, 5.74) is 0. The van der Waals surface area contributed by atoms with E-state index >= 15 is 0 Å². The third-order valence-corrected chi connectivity index (χ3v) is 4.08. The Kier molecular flexibility index (Phi) is 5.01. The van der Waals surface area contributed by atoms with E-state index in [1.807, 2.05) is 0 Å². The van der Waals surface area contributed by atoms with Gasteiger partial charge in [0.2, 0.25) is 0 Å². The minimum absolute atomic E-state index is 0.342. The predicted octanol–water partition coefficient (Wildman–Crippen LogP) is 2.18. The van der Waals surface area contributed by atoms with Gasteiger partial charge in [-0.3, -0.25) is 4.79 Å². The van der Waals surface area contributed by atoms with Gasteiger partial charge in [0.25, 0.3) is 0 Å². The fourth-order valence-corrected chi connectivity index (χ4v) is 2.68. The maximum absolute atomic E-state index is 11.1. The summed E-state index contributed by atoms with van der Waals surface area (Å²) in [4.78, 5) is 11.1. The van der Waals surface area contributed by atoms with Crippen LogP contribution in [0.15, 0.2) is 0 Å². The van der Waals surface area contributed by atoms with Gasteiger partial charge < -0.3 is 15.2 Å². The number of carboxylic acids is 1. The highest BCUT2D eigenvalue weighted by molar-refractivity contribution is 5.73. The van der Waals surface area contributed by atoms with Crippen LogP contribution in [0.1, 0.15) is 51.9 Å². The summed E-state index contributed by atoms with van der Waals surface area (Å²) in [6, 6.07) is -0.00361. The first kappa shape index (κ1) is 13.8. The Bertz CT molecular complexity index is 278. The average Bonchev–Trinajstić information content (AvgIpc) is 3.14. The number of hydrogen-bond donors (Lipinski definition) is 2. The van der Waals surface area contributed by atoms with Crippen LogP contribution < -0.4 is 5.32 Å². The van der Waals surface area contributed by atoms with Crippen LogP contribution in [0.2, 0.25) is 0 Å². The molecular weight excluding hydrogens is 230 g/mol. The van der Waals surface area contributed by atoms with E-state index in [0.29, 0.717) is 31.1 Å². The average molecular weight is 255 g/mol. The van der Waals surface area contributed by atoms with Gasteiger partial charge in [-0.05, 0) is 38.0 Å². The molecule has 2 N–H and O–H groups in total. The summed E-state index contributed by atoms with van der Waals surface area (Å²) in [7, 11) is 0. The number of aliphatic carboxylic acids is 1. The molecular formula is C14H25NO3. The SMILES string of the molecule is CC1CCCCC1OCCC(NC1CC1)C(=O)O. The van der Waals surface area contributed by atoms with E-state index in [1.165, 1.54) is 19.3 Å². The van der Waals surface area contributed by atoms with E-state index in [-0.39, 0.29) is 0 Å². The number of carbonyl (C=O) groups is 1. The van der Waals surface area contributed by atoms with Gasteiger partial charge in [-0.15, -0.1) is 0 Å². The Morgan fingerprint density at radius 2 is 2.06 bits per heavy atom. The predicted molar refractivity (Wildman–Crippen MR) is 69.6 cm³/mol. The van der Waals surface area contributed by atoms with E-state index in [0.717, 1.165) is 19.3 Å². The van der Waals surface area contributed by atoms with Crippen LogP contribution in [-0.2, 0) is 9.53 Å². The van der Waals surface area contributed by atoms with Crippen molar-refractivity contribution >= 4 is 5.97 Å². The normalized spacial score (nSPS) is 30.1. The van der Waals surface area contributed by atoms with Gasteiger partial charge in [0.15, 0.2) is 0 Å². The Morgan fingerprint density at radius 1 is 1.33 bits per heavy atom. The summed E-state index contributed by atoms with van der Waals surface area (Å²) in [5.74, 6) is -0.124. The maximum Gasteiger partial charge on any atom is 0.320 e. The van der Waals surface area contributed by atoms with Crippen molar-refractivity contribution in [2.24, 2.45) is 5.92 Å². The zero-order valence-corrected chi connectivity index (χ0v) is 11.2. The summed E-state index contributed by atoms with van der Waals surface area (Å²) in [5, 5.41) is 12.3. The van der Waals surface area contributed by atoms with Gasteiger partial charge in [-0.25, -0.2) is 0 Å². The quantitative estimate of drug-likeness (QED) is 0.732. The molecule has 0 heterocycles. The minimum atomic E-state index is -0.748. The molecule has 4 nitrogen and oxygen atoms in total. The van der Waals surface area contributed by atoms with Crippen molar-refractivity contribution in [2.75, 3.05) is 6.61 Å². The summed E-state index contributed by atoms with van der Waals surface area (Å²) < 4.78 is 5.87. The molecule has 0 aromatic rings. The van der Waals surface area contributed by atoms with Crippen LogP contribution in [-0.4, -0.2) is 35.9 Å².